The van der Waals surface area contributed by atoms with Gasteiger partial charge in [-0.05, 0) is 41.9 Å². The van der Waals surface area contributed by atoms with Crippen LogP contribution in [0, 0.1) is 11.8 Å². The predicted molar refractivity (Wildman–Crippen MR) is 81.4 cm³/mol. The van der Waals surface area contributed by atoms with Gasteiger partial charge < -0.3 is 4.74 Å². The van der Waals surface area contributed by atoms with Crippen molar-refractivity contribution in [2.24, 2.45) is 17.7 Å². The Morgan fingerprint density at radius 2 is 2.30 bits per heavy atom. The third-order valence-corrected chi connectivity index (χ3v) is 5.12. The van der Waals surface area contributed by atoms with Gasteiger partial charge in [0, 0.05) is 12.5 Å². The molecule has 1 saturated carbocycles. The van der Waals surface area contributed by atoms with E-state index in [0.717, 1.165) is 24.7 Å². The number of benzene rings is 1. The number of fused-ring (bicyclic) bond motifs is 1. The second kappa shape index (κ2) is 6.15. The molecule has 0 bridgehead atoms. The van der Waals surface area contributed by atoms with Crippen LogP contribution in [0.4, 0.5) is 0 Å². The monoisotopic (exact) mass is 274 g/mol. The Hall–Kier alpha value is -1.06. The number of nitrogens with one attached hydrogen (secondary N) is 1. The van der Waals surface area contributed by atoms with Gasteiger partial charge in [-0.1, -0.05) is 38.3 Å². The number of hydrogen-bond donors (Lipinski definition) is 2. The Morgan fingerprint density at radius 3 is 3.10 bits per heavy atom. The maximum Gasteiger partial charge on any atom is 0.122 e. The predicted octanol–water partition coefficient (Wildman–Crippen LogP) is 3.34. The van der Waals surface area contributed by atoms with Gasteiger partial charge in [-0.15, -0.1) is 0 Å². The molecule has 3 heteroatoms. The van der Waals surface area contributed by atoms with Gasteiger partial charge in [-0.3, -0.25) is 11.3 Å². The summed E-state index contributed by atoms with van der Waals surface area (Å²) in [7, 11) is 0. The molecular formula is C17H26N2O. The maximum absolute atomic E-state index is 5.89. The Morgan fingerprint density at radius 1 is 1.40 bits per heavy atom. The van der Waals surface area contributed by atoms with Crippen LogP contribution in [0.3, 0.4) is 0 Å². The molecule has 0 amide bonds. The zero-order valence-corrected chi connectivity index (χ0v) is 12.4. The molecule has 3 N–H and O–H groups in total. The second-order valence-electron chi connectivity index (χ2n) is 6.31. The van der Waals surface area contributed by atoms with Crippen molar-refractivity contribution in [1.29, 1.82) is 0 Å². The van der Waals surface area contributed by atoms with Gasteiger partial charge >= 0.3 is 0 Å². The second-order valence-corrected chi connectivity index (χ2v) is 6.31. The maximum atomic E-state index is 5.89. The zero-order valence-electron chi connectivity index (χ0n) is 12.4. The lowest BCUT2D eigenvalue weighted by Gasteiger charge is -2.34. The van der Waals surface area contributed by atoms with Crippen LogP contribution < -0.4 is 16.0 Å². The van der Waals surface area contributed by atoms with Crippen LogP contribution in [0.15, 0.2) is 18.2 Å². The normalized spacial score (nSPS) is 26.9. The first kappa shape index (κ1) is 13.9. The molecule has 1 aliphatic heterocycles. The van der Waals surface area contributed by atoms with Crippen molar-refractivity contribution >= 4 is 0 Å². The first-order valence-electron chi connectivity index (χ1n) is 8.03. The van der Waals surface area contributed by atoms with E-state index in [-0.39, 0.29) is 6.04 Å². The summed E-state index contributed by atoms with van der Waals surface area (Å²) in [6.45, 7) is 3.13. The van der Waals surface area contributed by atoms with Gasteiger partial charge in [0.15, 0.2) is 0 Å². The van der Waals surface area contributed by atoms with E-state index in [1.807, 2.05) is 0 Å². The molecule has 0 radical (unpaired) electrons. The number of hydrogen-bond acceptors (Lipinski definition) is 3. The van der Waals surface area contributed by atoms with Crippen LogP contribution >= 0.6 is 0 Å². The molecule has 0 spiro atoms. The third-order valence-electron chi connectivity index (χ3n) is 5.12. The lowest BCUT2D eigenvalue weighted by atomic mass is 9.75. The highest BCUT2D eigenvalue weighted by molar-refractivity contribution is 5.41. The standard InChI is InChI=1S/C17H26N2O/c1-2-12-4-3-5-14(10-12)17(19-18)15-6-7-16-13(11-15)8-9-20-16/h6-7,11-12,14,17,19H,2-5,8-10,18H2,1H3. The SMILES string of the molecule is CCC1CCCC(C(NN)c2ccc3c(c2)CCO3)C1. The van der Waals surface area contributed by atoms with E-state index >= 15 is 0 Å². The van der Waals surface area contributed by atoms with Crippen molar-refractivity contribution in [3.8, 4) is 5.75 Å². The summed E-state index contributed by atoms with van der Waals surface area (Å²) < 4.78 is 5.60. The first-order chi connectivity index (χ1) is 9.81. The molecule has 110 valence electrons. The fraction of sp³-hybridized carbons (Fsp3) is 0.647. The minimum Gasteiger partial charge on any atom is -0.493 e. The number of ether oxygens (including phenoxy) is 1. The summed E-state index contributed by atoms with van der Waals surface area (Å²) in [6, 6.07) is 6.88. The van der Waals surface area contributed by atoms with E-state index in [4.69, 9.17) is 10.6 Å². The lowest BCUT2D eigenvalue weighted by molar-refractivity contribution is 0.210. The molecule has 3 atom stereocenters. The Bertz CT molecular complexity index is 460. The molecule has 1 aromatic carbocycles. The highest BCUT2D eigenvalue weighted by Crippen LogP contribution is 2.39. The summed E-state index contributed by atoms with van der Waals surface area (Å²) in [5.41, 5.74) is 5.75. The molecule has 0 aromatic heterocycles. The van der Waals surface area contributed by atoms with Crippen molar-refractivity contribution in [2.45, 2.75) is 51.5 Å². The topological polar surface area (TPSA) is 47.3 Å². The fourth-order valence-electron chi connectivity index (χ4n) is 3.91. The number of hydrazine groups is 1. The molecule has 3 nitrogen and oxygen atoms in total. The van der Waals surface area contributed by atoms with E-state index in [1.165, 1.54) is 43.2 Å². The lowest BCUT2D eigenvalue weighted by Crippen LogP contribution is -2.35. The minimum absolute atomic E-state index is 0.287. The molecule has 3 rings (SSSR count). The first-order valence-corrected chi connectivity index (χ1v) is 8.03. The largest absolute Gasteiger partial charge is 0.493 e. The highest BCUT2D eigenvalue weighted by atomic mass is 16.5. The van der Waals surface area contributed by atoms with E-state index in [2.05, 4.69) is 30.5 Å². The summed E-state index contributed by atoms with van der Waals surface area (Å²) in [4.78, 5) is 0. The molecule has 0 saturated heterocycles. The van der Waals surface area contributed by atoms with E-state index in [1.54, 1.807) is 0 Å². The Kier molecular flexibility index (Phi) is 4.27. The minimum atomic E-state index is 0.287. The van der Waals surface area contributed by atoms with Gasteiger partial charge in [0.05, 0.1) is 6.61 Å². The van der Waals surface area contributed by atoms with Crippen LogP contribution in [0.1, 0.15) is 56.2 Å². The van der Waals surface area contributed by atoms with Crippen LogP contribution in [0.2, 0.25) is 0 Å². The molecular weight excluding hydrogens is 248 g/mol. The quantitative estimate of drug-likeness (QED) is 0.654. The van der Waals surface area contributed by atoms with E-state index < -0.39 is 0 Å². The molecule has 1 heterocycles. The van der Waals surface area contributed by atoms with Crippen molar-refractivity contribution in [2.75, 3.05) is 6.61 Å². The Balaban J connectivity index is 1.78. The van der Waals surface area contributed by atoms with Crippen molar-refractivity contribution in [3.05, 3.63) is 29.3 Å². The average molecular weight is 274 g/mol. The molecule has 1 aliphatic carbocycles. The molecule has 2 aliphatic rings. The number of rotatable bonds is 4. The third kappa shape index (κ3) is 2.70. The van der Waals surface area contributed by atoms with Gasteiger partial charge in [0.25, 0.3) is 0 Å². The summed E-state index contributed by atoms with van der Waals surface area (Å²) >= 11 is 0. The van der Waals surface area contributed by atoms with Crippen LogP contribution in [0.25, 0.3) is 0 Å². The van der Waals surface area contributed by atoms with Crippen LogP contribution in [-0.4, -0.2) is 6.61 Å². The van der Waals surface area contributed by atoms with Gasteiger partial charge in [-0.25, -0.2) is 0 Å². The summed E-state index contributed by atoms with van der Waals surface area (Å²) in [5.74, 6) is 8.48. The van der Waals surface area contributed by atoms with Crippen molar-refractivity contribution < 1.29 is 4.74 Å². The Labute approximate surface area is 121 Å². The van der Waals surface area contributed by atoms with Gasteiger partial charge in [-0.2, -0.15) is 0 Å². The van der Waals surface area contributed by atoms with Crippen LogP contribution in [-0.2, 0) is 6.42 Å². The molecule has 3 unspecified atom stereocenters. The number of nitrogens with two attached hydrogens (primary N) is 1. The zero-order chi connectivity index (χ0) is 13.9. The summed E-state index contributed by atoms with van der Waals surface area (Å²) in [5, 5.41) is 0. The van der Waals surface area contributed by atoms with Gasteiger partial charge in [0.2, 0.25) is 0 Å². The van der Waals surface area contributed by atoms with Crippen LogP contribution in [0.5, 0.6) is 5.75 Å². The molecule has 1 fully saturated rings. The van der Waals surface area contributed by atoms with E-state index in [0.29, 0.717) is 5.92 Å². The van der Waals surface area contributed by atoms with Gasteiger partial charge in [0.1, 0.15) is 5.75 Å². The highest BCUT2D eigenvalue weighted by Gasteiger charge is 2.29. The van der Waals surface area contributed by atoms with Crippen molar-refractivity contribution in [1.82, 2.24) is 5.43 Å². The van der Waals surface area contributed by atoms with Crippen molar-refractivity contribution in [3.63, 3.8) is 0 Å². The molecule has 1 aromatic rings. The summed E-state index contributed by atoms with van der Waals surface area (Å²) in [6.07, 6.45) is 7.66. The molecule has 20 heavy (non-hydrogen) atoms. The average Bonchev–Trinajstić information content (AvgIpc) is 2.96. The smallest absolute Gasteiger partial charge is 0.122 e. The van der Waals surface area contributed by atoms with E-state index in [9.17, 15) is 0 Å². The fourth-order valence-corrected chi connectivity index (χ4v) is 3.91.